The predicted octanol–water partition coefficient (Wildman–Crippen LogP) is 6.29. The first-order valence-corrected chi connectivity index (χ1v) is 13.7. The highest BCUT2D eigenvalue weighted by Crippen LogP contribution is 2.38. The van der Waals surface area contributed by atoms with Gasteiger partial charge in [0.2, 0.25) is 0 Å². The Morgan fingerprint density at radius 2 is 1.75 bits per heavy atom. The van der Waals surface area contributed by atoms with Crippen molar-refractivity contribution in [2.75, 3.05) is 29.5 Å². The third-order valence-electron chi connectivity index (χ3n) is 7.03. The molecule has 0 bridgehead atoms. The minimum atomic E-state index is -4.62. The molecule has 3 amide bonds. The molecule has 1 saturated heterocycles. The van der Waals surface area contributed by atoms with Gasteiger partial charge in [0, 0.05) is 36.5 Å². The monoisotopic (exact) mass is 614 g/mol. The number of carbonyl (C=O) groups excluding carboxylic acids is 2. The number of fused-ring (bicyclic) bond motifs is 1. The topological polar surface area (TPSA) is 140 Å². The number of likely N-dealkylation sites (tertiary alicyclic amines) is 1. The number of nitrogens with zero attached hydrogens (tertiary/aromatic N) is 5. The number of halogens is 4. The average Bonchev–Trinajstić information content (AvgIpc) is 3.34. The molecule has 5 rings (SSSR count). The molecule has 1 fully saturated rings. The number of rotatable bonds is 4. The van der Waals surface area contributed by atoms with Crippen LogP contribution in [0.3, 0.4) is 0 Å². The Bertz CT molecular complexity index is 1710. The van der Waals surface area contributed by atoms with E-state index in [4.69, 9.17) is 10.5 Å². The minimum absolute atomic E-state index is 0.0168. The van der Waals surface area contributed by atoms with Crippen LogP contribution < -0.4 is 16.4 Å². The van der Waals surface area contributed by atoms with Crippen molar-refractivity contribution in [1.82, 2.24) is 24.5 Å². The zero-order valence-electron chi connectivity index (χ0n) is 24.1. The quantitative estimate of drug-likeness (QED) is 0.230. The number of ether oxygens (including phenoxy) is 1. The van der Waals surface area contributed by atoms with Crippen LogP contribution in [0.4, 0.5) is 44.5 Å². The van der Waals surface area contributed by atoms with Crippen LogP contribution >= 0.6 is 0 Å². The standard InChI is InChI=1S/C29H30F4N8O3/c1-28(2,3)44-27(43)40-10-7-16(8-11-40)22-14-19(24-25(34)36-15-37-41(22)24)17-4-5-21(20(30)12-17)38-26(42)39-23-13-18(6-9-35-23)29(31,32)33/h4-6,9,12-16H,7-8,10-11H2,1-3H3,(H2,34,36,37)(H2,35,38,39,42). The van der Waals surface area contributed by atoms with Crippen LogP contribution in [-0.4, -0.2) is 55.3 Å². The lowest BCUT2D eigenvalue weighted by atomic mass is 9.93. The molecule has 0 unspecified atom stereocenters. The summed E-state index contributed by atoms with van der Waals surface area (Å²) in [6.45, 7) is 6.41. The maximum absolute atomic E-state index is 15.2. The maximum Gasteiger partial charge on any atom is 0.416 e. The second kappa shape index (κ2) is 11.6. The summed E-state index contributed by atoms with van der Waals surface area (Å²) in [5.41, 5.74) is 6.73. The van der Waals surface area contributed by atoms with Crippen LogP contribution in [0.5, 0.6) is 0 Å². The van der Waals surface area contributed by atoms with Crippen molar-refractivity contribution in [3.8, 4) is 11.1 Å². The van der Waals surface area contributed by atoms with E-state index in [0.29, 0.717) is 48.6 Å². The van der Waals surface area contributed by atoms with Gasteiger partial charge < -0.3 is 20.7 Å². The first-order chi connectivity index (χ1) is 20.7. The molecule has 1 aliphatic heterocycles. The number of piperidine rings is 1. The van der Waals surface area contributed by atoms with Gasteiger partial charge in [0.15, 0.2) is 5.82 Å². The Hall–Kier alpha value is -4.95. The fourth-order valence-electron chi connectivity index (χ4n) is 5.02. The molecule has 0 aliphatic carbocycles. The highest BCUT2D eigenvalue weighted by molar-refractivity contribution is 5.99. The van der Waals surface area contributed by atoms with Crippen LogP contribution in [0, 0.1) is 5.82 Å². The second-order valence-corrected chi connectivity index (χ2v) is 11.3. The van der Waals surface area contributed by atoms with E-state index in [1.165, 1.54) is 18.5 Å². The Morgan fingerprint density at radius 1 is 1.02 bits per heavy atom. The Kier molecular flexibility index (Phi) is 8.05. The number of carbonyl (C=O) groups is 2. The van der Waals surface area contributed by atoms with E-state index >= 15 is 4.39 Å². The molecule has 0 atom stereocenters. The van der Waals surface area contributed by atoms with Gasteiger partial charge >= 0.3 is 18.3 Å². The lowest BCUT2D eigenvalue weighted by Crippen LogP contribution is -2.41. The summed E-state index contributed by atoms with van der Waals surface area (Å²) in [5.74, 6) is -0.947. The van der Waals surface area contributed by atoms with Crippen LogP contribution in [-0.2, 0) is 10.9 Å². The van der Waals surface area contributed by atoms with Gasteiger partial charge in [-0.05, 0) is 69.5 Å². The van der Waals surface area contributed by atoms with Crippen molar-refractivity contribution in [2.24, 2.45) is 0 Å². The average molecular weight is 615 g/mol. The van der Waals surface area contributed by atoms with E-state index in [1.807, 2.05) is 26.8 Å². The normalized spacial score (nSPS) is 14.5. The number of hydrogen-bond donors (Lipinski definition) is 3. The molecule has 15 heteroatoms. The second-order valence-electron chi connectivity index (χ2n) is 11.3. The molecule has 232 valence electrons. The maximum atomic E-state index is 15.2. The third kappa shape index (κ3) is 6.66. The van der Waals surface area contributed by atoms with E-state index < -0.39 is 29.2 Å². The largest absolute Gasteiger partial charge is 0.444 e. The highest BCUT2D eigenvalue weighted by Gasteiger charge is 2.32. The SMILES string of the molecule is CC(C)(C)OC(=O)N1CCC(c2cc(-c3ccc(NC(=O)Nc4cc(C(F)(F)F)ccn4)c(F)c3)c3c(N)ncnn23)CC1. The summed E-state index contributed by atoms with van der Waals surface area (Å²) in [6, 6.07) is 6.42. The molecule has 0 spiro atoms. The highest BCUT2D eigenvalue weighted by atomic mass is 19.4. The van der Waals surface area contributed by atoms with Crippen LogP contribution in [0.2, 0.25) is 0 Å². The molecule has 11 nitrogen and oxygen atoms in total. The first-order valence-electron chi connectivity index (χ1n) is 13.7. The van der Waals surface area contributed by atoms with Crippen molar-refractivity contribution in [3.05, 3.63) is 66.0 Å². The van der Waals surface area contributed by atoms with E-state index in [9.17, 15) is 22.8 Å². The fourth-order valence-corrected chi connectivity index (χ4v) is 5.02. The van der Waals surface area contributed by atoms with Gasteiger partial charge in [-0.15, -0.1) is 0 Å². The van der Waals surface area contributed by atoms with Crippen molar-refractivity contribution >= 4 is 35.0 Å². The van der Waals surface area contributed by atoms with Gasteiger partial charge in [-0.1, -0.05) is 6.07 Å². The van der Waals surface area contributed by atoms with Crippen LogP contribution in [0.25, 0.3) is 16.6 Å². The molecule has 1 aromatic carbocycles. The van der Waals surface area contributed by atoms with Crippen LogP contribution in [0.15, 0.2) is 48.9 Å². The number of nitrogens with one attached hydrogen (secondary N) is 2. The Balaban J connectivity index is 1.35. The number of nitrogens with two attached hydrogens (primary N) is 1. The molecule has 4 heterocycles. The smallest absolute Gasteiger partial charge is 0.416 e. The summed E-state index contributed by atoms with van der Waals surface area (Å²) < 4.78 is 61.3. The van der Waals surface area contributed by atoms with Crippen molar-refractivity contribution in [3.63, 3.8) is 0 Å². The number of amides is 3. The molecule has 4 aromatic rings. The van der Waals surface area contributed by atoms with Gasteiger partial charge in [-0.25, -0.2) is 28.5 Å². The molecule has 0 radical (unpaired) electrons. The first kappa shape index (κ1) is 30.5. The van der Waals surface area contributed by atoms with Crippen molar-refractivity contribution < 1.29 is 31.9 Å². The summed E-state index contributed by atoms with van der Waals surface area (Å²) in [7, 11) is 0. The molecule has 44 heavy (non-hydrogen) atoms. The number of benzene rings is 1. The molecule has 3 aromatic heterocycles. The lowest BCUT2D eigenvalue weighted by Gasteiger charge is -2.33. The van der Waals surface area contributed by atoms with E-state index in [2.05, 4.69) is 25.7 Å². The molecular weight excluding hydrogens is 584 g/mol. The van der Waals surface area contributed by atoms with Gasteiger partial charge in [0.25, 0.3) is 0 Å². The van der Waals surface area contributed by atoms with Crippen molar-refractivity contribution in [2.45, 2.75) is 51.3 Å². The molecule has 1 aliphatic rings. The predicted molar refractivity (Wildman–Crippen MR) is 154 cm³/mol. The molecular formula is C29H30F4N8O3. The van der Waals surface area contributed by atoms with Gasteiger partial charge in [-0.2, -0.15) is 18.3 Å². The summed E-state index contributed by atoms with van der Waals surface area (Å²) in [6.07, 6.45) is -1.47. The summed E-state index contributed by atoms with van der Waals surface area (Å²) in [5, 5.41) is 8.85. The Labute approximate surface area is 249 Å². The van der Waals surface area contributed by atoms with Gasteiger partial charge in [0.1, 0.15) is 29.1 Å². The molecule has 4 N–H and O–H groups in total. The number of hydrogen-bond acceptors (Lipinski definition) is 7. The van der Waals surface area contributed by atoms with Gasteiger partial charge in [-0.3, -0.25) is 5.32 Å². The van der Waals surface area contributed by atoms with Gasteiger partial charge in [0.05, 0.1) is 11.3 Å². The number of nitrogen functional groups attached to an aromatic ring is 1. The number of pyridine rings is 1. The number of urea groups is 1. The summed E-state index contributed by atoms with van der Waals surface area (Å²) in [4.78, 5) is 34.4. The number of alkyl halides is 3. The number of aromatic nitrogens is 4. The summed E-state index contributed by atoms with van der Waals surface area (Å²) >= 11 is 0. The van der Waals surface area contributed by atoms with Crippen molar-refractivity contribution in [1.29, 1.82) is 0 Å². The van der Waals surface area contributed by atoms with E-state index in [1.54, 1.807) is 15.5 Å². The third-order valence-corrected chi connectivity index (χ3v) is 7.03. The fraction of sp³-hybridized carbons (Fsp3) is 0.345. The van der Waals surface area contributed by atoms with E-state index in [0.717, 1.165) is 18.0 Å². The Morgan fingerprint density at radius 3 is 2.41 bits per heavy atom. The lowest BCUT2D eigenvalue weighted by molar-refractivity contribution is -0.137. The zero-order valence-corrected chi connectivity index (χ0v) is 24.1. The zero-order chi connectivity index (χ0) is 31.8. The minimum Gasteiger partial charge on any atom is -0.444 e. The molecule has 0 saturated carbocycles. The number of anilines is 3. The van der Waals surface area contributed by atoms with Crippen LogP contribution in [0.1, 0.15) is 50.8 Å². The van der Waals surface area contributed by atoms with E-state index in [-0.39, 0.29) is 29.3 Å².